The highest BCUT2D eigenvalue weighted by Crippen LogP contribution is 2.43. The van der Waals surface area contributed by atoms with Crippen molar-refractivity contribution >= 4 is 0 Å². The van der Waals surface area contributed by atoms with E-state index in [1.54, 1.807) is 0 Å². The highest BCUT2D eigenvalue weighted by molar-refractivity contribution is 5.29. The molecule has 2 aliphatic carbocycles. The third-order valence-corrected chi connectivity index (χ3v) is 8.07. The maximum atomic E-state index is 13.3. The Morgan fingerprint density at radius 2 is 1.53 bits per heavy atom. The second kappa shape index (κ2) is 12.1. The van der Waals surface area contributed by atoms with Crippen LogP contribution in [0.1, 0.15) is 80.4 Å². The predicted octanol–water partition coefficient (Wildman–Crippen LogP) is 9.19. The molecule has 0 bridgehead atoms. The third kappa shape index (κ3) is 7.78. The van der Waals surface area contributed by atoms with Crippen LogP contribution in [-0.2, 0) is 12.7 Å². The van der Waals surface area contributed by atoms with Crippen molar-refractivity contribution in [3.63, 3.8) is 0 Å². The van der Waals surface area contributed by atoms with Crippen molar-refractivity contribution in [2.45, 2.75) is 88.6 Å². The first-order chi connectivity index (χ1) is 18.0. The van der Waals surface area contributed by atoms with Crippen molar-refractivity contribution < 1.29 is 31.4 Å². The molecule has 1 N–H and O–H groups in total. The van der Waals surface area contributed by atoms with Gasteiger partial charge in [-0.1, -0.05) is 42.5 Å². The quantitative estimate of drug-likeness (QED) is 0.267. The summed E-state index contributed by atoms with van der Waals surface area (Å²) in [5.74, 6) is 0.303. The summed E-state index contributed by atoms with van der Waals surface area (Å²) >= 11 is 0. The first-order valence-electron chi connectivity index (χ1n) is 13.4. The van der Waals surface area contributed by atoms with Crippen molar-refractivity contribution in [2.24, 2.45) is 5.92 Å². The number of hydrogen-bond acceptors (Lipinski definition) is 2. The monoisotopic (exact) mass is 539 g/mol. The van der Waals surface area contributed by atoms with Crippen LogP contribution in [0.3, 0.4) is 0 Å². The van der Waals surface area contributed by atoms with E-state index in [1.165, 1.54) is 12.1 Å². The Kier molecular flexibility index (Phi) is 9.11. The fourth-order valence-corrected chi connectivity index (χ4v) is 6.10. The molecule has 0 radical (unpaired) electrons. The van der Waals surface area contributed by atoms with Crippen LogP contribution in [-0.4, -0.2) is 28.8 Å². The number of alkyl halides is 6. The van der Waals surface area contributed by atoms with E-state index in [-0.39, 0.29) is 24.4 Å². The highest BCUT2D eigenvalue weighted by Gasteiger charge is 2.38. The van der Waals surface area contributed by atoms with Gasteiger partial charge in [-0.25, -0.2) is 0 Å². The van der Waals surface area contributed by atoms with Crippen LogP contribution in [0.4, 0.5) is 26.3 Å². The van der Waals surface area contributed by atoms with E-state index in [1.807, 2.05) is 35.2 Å². The van der Waals surface area contributed by atoms with E-state index >= 15 is 0 Å². The van der Waals surface area contributed by atoms with E-state index < -0.39 is 24.3 Å². The molecule has 2 aromatic rings. The van der Waals surface area contributed by atoms with Gasteiger partial charge < -0.3 is 5.11 Å². The lowest BCUT2D eigenvalue weighted by atomic mass is 9.72. The lowest BCUT2D eigenvalue weighted by Crippen LogP contribution is -2.44. The summed E-state index contributed by atoms with van der Waals surface area (Å²) in [5, 5.41) is 10.7. The van der Waals surface area contributed by atoms with E-state index in [2.05, 4.69) is 0 Å². The molecule has 0 heterocycles. The molecule has 0 aliphatic heterocycles. The van der Waals surface area contributed by atoms with Gasteiger partial charge in [0.2, 0.25) is 0 Å². The maximum absolute atomic E-state index is 13.3. The third-order valence-electron chi connectivity index (χ3n) is 8.07. The van der Waals surface area contributed by atoms with E-state index in [4.69, 9.17) is 0 Å². The number of nitrogens with zero attached hydrogens (tertiary/aromatic N) is 1. The minimum Gasteiger partial charge on any atom is -0.512 e. The minimum absolute atomic E-state index is 0.118. The van der Waals surface area contributed by atoms with Gasteiger partial charge in [0.15, 0.2) is 0 Å². The largest absolute Gasteiger partial charge is 0.512 e. The average Bonchev–Trinajstić information content (AvgIpc) is 3.42. The maximum Gasteiger partial charge on any atom is 0.416 e. The van der Waals surface area contributed by atoms with E-state index in [0.29, 0.717) is 37.1 Å². The summed E-state index contributed by atoms with van der Waals surface area (Å²) in [7, 11) is 0. The number of allylic oxidation sites excluding steroid dienone is 2. The zero-order valence-corrected chi connectivity index (χ0v) is 21.4. The molecular weight excluding hydrogens is 504 g/mol. The summed E-state index contributed by atoms with van der Waals surface area (Å²) in [4.78, 5) is 1.86. The Morgan fingerprint density at radius 1 is 0.868 bits per heavy atom. The van der Waals surface area contributed by atoms with E-state index in [0.717, 1.165) is 55.4 Å². The molecule has 2 nitrogen and oxygen atoms in total. The van der Waals surface area contributed by atoms with Crippen molar-refractivity contribution in [1.82, 2.24) is 4.90 Å². The fourth-order valence-electron chi connectivity index (χ4n) is 6.10. The first kappa shape index (κ1) is 28.5. The lowest BCUT2D eigenvalue weighted by molar-refractivity contribution is -0.140. The number of benzene rings is 2. The summed E-state index contributed by atoms with van der Waals surface area (Å²) < 4.78 is 79.5. The van der Waals surface area contributed by atoms with Gasteiger partial charge in [-0.05, 0) is 85.6 Å². The van der Waals surface area contributed by atoms with Crippen LogP contribution in [0.25, 0.3) is 0 Å². The Hall–Kier alpha value is -2.48. The number of hydrogen-bond donors (Lipinski definition) is 1. The molecule has 208 valence electrons. The highest BCUT2D eigenvalue weighted by atomic mass is 19.4. The van der Waals surface area contributed by atoms with Crippen LogP contribution in [0.15, 0.2) is 65.9 Å². The normalized spacial score (nSPS) is 22.7. The van der Waals surface area contributed by atoms with Crippen molar-refractivity contribution in [3.8, 4) is 0 Å². The Morgan fingerprint density at radius 3 is 2.13 bits per heavy atom. The van der Waals surface area contributed by atoms with Crippen molar-refractivity contribution in [2.75, 3.05) is 6.54 Å². The van der Waals surface area contributed by atoms with Crippen LogP contribution in [0, 0.1) is 5.92 Å². The molecule has 2 fully saturated rings. The predicted molar refractivity (Wildman–Crippen MR) is 136 cm³/mol. The molecule has 0 unspecified atom stereocenters. The first-order valence-corrected chi connectivity index (χ1v) is 13.4. The second-order valence-electron chi connectivity index (χ2n) is 10.8. The standard InChI is InChI=1S/C30H35F6NO/c31-29(32,33)16-17-37(20-21-6-2-1-3-7-21)27-15-10-22(19-28(38)24-8-4-5-9-24)18-26(27)23-11-13-25(14-12-23)30(34,35)36/h1-3,6-7,11-14,22,26-27,38H,4-5,8-10,15-20H2/t22-,26+,27-/m1/s1. The van der Waals surface area contributed by atoms with Crippen LogP contribution in [0.5, 0.6) is 0 Å². The lowest BCUT2D eigenvalue weighted by Gasteiger charge is -2.43. The Labute approximate surface area is 220 Å². The summed E-state index contributed by atoms with van der Waals surface area (Å²) in [6.07, 6.45) is -3.33. The molecule has 0 saturated heterocycles. The zero-order chi connectivity index (χ0) is 27.3. The smallest absolute Gasteiger partial charge is 0.416 e. The Bertz CT molecular complexity index is 1050. The zero-order valence-electron chi connectivity index (χ0n) is 21.4. The molecular formula is C30H35F6NO. The van der Waals surface area contributed by atoms with Crippen molar-refractivity contribution in [1.29, 1.82) is 0 Å². The number of halogens is 6. The van der Waals surface area contributed by atoms with Crippen LogP contribution < -0.4 is 0 Å². The van der Waals surface area contributed by atoms with Crippen LogP contribution >= 0.6 is 0 Å². The topological polar surface area (TPSA) is 23.5 Å². The van der Waals surface area contributed by atoms with Gasteiger partial charge in [0, 0.05) is 25.6 Å². The molecule has 0 aromatic heterocycles. The number of aliphatic hydroxyl groups is 1. The molecule has 8 heteroatoms. The van der Waals surface area contributed by atoms with Gasteiger partial charge in [0.1, 0.15) is 0 Å². The number of rotatable bonds is 8. The summed E-state index contributed by atoms with van der Waals surface area (Å²) in [6.45, 7) is 0.152. The summed E-state index contributed by atoms with van der Waals surface area (Å²) in [6, 6.07) is 14.1. The number of aliphatic hydroxyl groups excluding tert-OH is 1. The fraction of sp³-hybridized carbons (Fsp3) is 0.533. The van der Waals surface area contributed by atoms with Gasteiger partial charge >= 0.3 is 12.4 Å². The molecule has 2 aromatic carbocycles. The minimum atomic E-state index is -4.46. The molecule has 2 saturated carbocycles. The summed E-state index contributed by atoms with van der Waals surface area (Å²) in [5.41, 5.74) is 1.94. The molecule has 0 amide bonds. The van der Waals surface area contributed by atoms with Gasteiger partial charge in [0.05, 0.1) is 17.7 Å². The SMILES string of the molecule is OC(C[C@@H]1CC[C@@H](N(CCC(F)(F)F)Cc2ccccc2)[C@H](c2ccc(C(F)(F)F)cc2)C1)=C1CCCC1. The van der Waals surface area contributed by atoms with Crippen molar-refractivity contribution in [3.05, 3.63) is 82.6 Å². The van der Waals surface area contributed by atoms with Gasteiger partial charge in [0.25, 0.3) is 0 Å². The second-order valence-corrected chi connectivity index (χ2v) is 10.8. The average molecular weight is 540 g/mol. The molecule has 4 rings (SSSR count). The molecule has 2 aliphatic rings. The van der Waals surface area contributed by atoms with Crippen LogP contribution in [0.2, 0.25) is 0 Å². The molecule has 0 spiro atoms. The van der Waals surface area contributed by atoms with Gasteiger partial charge in [-0.15, -0.1) is 0 Å². The Balaban J connectivity index is 1.62. The van der Waals surface area contributed by atoms with Gasteiger partial charge in [-0.2, -0.15) is 26.3 Å². The molecule has 3 atom stereocenters. The molecule has 38 heavy (non-hydrogen) atoms. The van der Waals surface area contributed by atoms with Gasteiger partial charge in [-0.3, -0.25) is 4.90 Å². The van der Waals surface area contributed by atoms with E-state index in [9.17, 15) is 31.4 Å².